The number of amides is 4. The number of unbranched alkanes of at least 4 members (excludes halogenated alkanes) is 1. The van der Waals surface area contributed by atoms with Crippen LogP contribution >= 0.6 is 0 Å². The first-order chi connectivity index (χ1) is 19.3. The van der Waals surface area contributed by atoms with Crippen molar-refractivity contribution in [2.45, 2.75) is 69.1 Å². The number of guanidine groups is 1. The predicted octanol–water partition coefficient (Wildman–Crippen LogP) is -3.14. The molecule has 4 atom stereocenters. The van der Waals surface area contributed by atoms with E-state index in [0.29, 0.717) is 24.9 Å². The summed E-state index contributed by atoms with van der Waals surface area (Å²) in [6.45, 7) is 0.478. The Morgan fingerprint density at radius 2 is 1.37 bits per heavy atom. The molecule has 0 fully saturated rings. The van der Waals surface area contributed by atoms with Crippen LogP contribution in [-0.4, -0.2) is 83.0 Å². The number of hydrogen-bond donors (Lipinski definition) is 10. The molecule has 4 unspecified atom stereocenters. The summed E-state index contributed by atoms with van der Waals surface area (Å²) in [5, 5.41) is 26.2. The van der Waals surface area contributed by atoms with Gasteiger partial charge in [-0.15, -0.1) is 0 Å². The Morgan fingerprint density at radius 3 is 1.93 bits per heavy atom. The van der Waals surface area contributed by atoms with E-state index in [1.165, 1.54) is 12.1 Å². The van der Waals surface area contributed by atoms with Crippen molar-refractivity contribution >= 4 is 35.6 Å². The minimum atomic E-state index is -1.45. The van der Waals surface area contributed by atoms with Gasteiger partial charge >= 0.3 is 5.97 Å². The van der Waals surface area contributed by atoms with Crippen molar-refractivity contribution < 1.29 is 34.2 Å². The lowest BCUT2D eigenvalue weighted by atomic mass is 10.0. The van der Waals surface area contributed by atoms with Gasteiger partial charge in [-0.05, 0) is 62.8 Å². The maximum Gasteiger partial charge on any atom is 0.326 e. The average Bonchev–Trinajstić information content (AvgIpc) is 2.89. The van der Waals surface area contributed by atoms with E-state index in [-0.39, 0.29) is 43.9 Å². The van der Waals surface area contributed by atoms with Crippen molar-refractivity contribution in [2.75, 3.05) is 13.1 Å². The fraction of sp³-hybridized carbons (Fsp3) is 0.520. The molecule has 1 rings (SSSR count). The lowest BCUT2D eigenvalue weighted by molar-refractivity contribution is -0.142. The van der Waals surface area contributed by atoms with E-state index < -0.39 is 60.2 Å². The van der Waals surface area contributed by atoms with E-state index in [2.05, 4.69) is 20.9 Å². The number of carboxylic acids is 1. The molecule has 0 radical (unpaired) electrons. The molecule has 0 saturated carbocycles. The Bertz CT molecular complexity index is 1060. The summed E-state index contributed by atoms with van der Waals surface area (Å²) in [5.74, 6) is -4.72. The molecular formula is C25H41N9O7. The third-order valence-electron chi connectivity index (χ3n) is 5.91. The summed E-state index contributed by atoms with van der Waals surface area (Å²) >= 11 is 0. The fourth-order valence-electron chi connectivity index (χ4n) is 3.74. The van der Waals surface area contributed by atoms with Crippen LogP contribution < -0.4 is 44.6 Å². The van der Waals surface area contributed by atoms with Crippen LogP contribution in [0, 0.1) is 0 Å². The molecule has 0 aliphatic rings. The van der Waals surface area contributed by atoms with Gasteiger partial charge in [-0.25, -0.2) is 4.79 Å². The number of nitrogens with one attached hydrogen (secondary N) is 3. The summed E-state index contributed by atoms with van der Waals surface area (Å²) < 4.78 is 0. The Kier molecular flexibility index (Phi) is 15.2. The zero-order valence-electron chi connectivity index (χ0n) is 22.8. The summed E-state index contributed by atoms with van der Waals surface area (Å²) in [7, 11) is 0. The molecular weight excluding hydrogens is 538 g/mol. The Hall–Kier alpha value is -4.44. The van der Waals surface area contributed by atoms with Crippen LogP contribution in [0.4, 0.5) is 0 Å². The smallest absolute Gasteiger partial charge is 0.326 e. The van der Waals surface area contributed by atoms with Gasteiger partial charge in [0.05, 0.1) is 12.5 Å². The van der Waals surface area contributed by atoms with Gasteiger partial charge in [-0.3, -0.25) is 24.2 Å². The minimum Gasteiger partial charge on any atom is -0.508 e. The number of phenols is 1. The number of rotatable bonds is 19. The molecule has 0 aromatic heterocycles. The van der Waals surface area contributed by atoms with Crippen molar-refractivity contribution in [3.63, 3.8) is 0 Å². The molecule has 1 aromatic rings. The normalized spacial score (nSPS) is 13.6. The third kappa shape index (κ3) is 14.0. The van der Waals surface area contributed by atoms with Gasteiger partial charge in [0.25, 0.3) is 0 Å². The standard InChI is InChI=1S/C25H41N9O7/c26-10-2-1-4-17(22(38)33-18(24(40)41)5-3-11-31-25(29)30)32-23(39)19(13-20(28)36)34-21(37)16(27)12-14-6-8-15(35)9-7-14/h6-9,16-19,35H,1-5,10-13,26-27H2,(H2,28,36)(H,32,39)(H,33,38)(H,34,37)(H,40,41)(H4,29,30,31). The number of carbonyl (C=O) groups excluding carboxylic acids is 4. The van der Waals surface area contributed by atoms with E-state index in [0.717, 1.165) is 0 Å². The zero-order valence-corrected chi connectivity index (χ0v) is 22.8. The second kappa shape index (κ2) is 18.0. The summed E-state index contributed by atoms with van der Waals surface area (Å²) in [6.07, 6.45) is 0.809. The first-order valence-corrected chi connectivity index (χ1v) is 13.0. The van der Waals surface area contributed by atoms with Crippen LogP contribution in [-0.2, 0) is 30.4 Å². The number of aliphatic carboxylic acids is 1. The highest BCUT2D eigenvalue weighted by Crippen LogP contribution is 2.11. The van der Waals surface area contributed by atoms with Crippen molar-refractivity contribution in [3.05, 3.63) is 29.8 Å². The minimum absolute atomic E-state index is 0.0145. The number of aromatic hydroxyl groups is 1. The number of phenolic OH excluding ortho intramolecular Hbond substituents is 1. The molecule has 16 nitrogen and oxygen atoms in total. The predicted molar refractivity (Wildman–Crippen MR) is 150 cm³/mol. The van der Waals surface area contributed by atoms with Gasteiger partial charge in [-0.2, -0.15) is 0 Å². The molecule has 0 heterocycles. The molecule has 1 aromatic carbocycles. The van der Waals surface area contributed by atoms with E-state index in [1.807, 2.05) is 0 Å². The van der Waals surface area contributed by atoms with Gasteiger partial charge in [-0.1, -0.05) is 12.1 Å². The van der Waals surface area contributed by atoms with Gasteiger partial charge < -0.3 is 54.8 Å². The number of carboxylic acid groups (broad SMARTS) is 1. The monoisotopic (exact) mass is 579 g/mol. The fourth-order valence-corrected chi connectivity index (χ4v) is 3.74. The second-order valence-corrected chi connectivity index (χ2v) is 9.40. The number of hydrogen-bond acceptors (Lipinski definition) is 9. The van der Waals surface area contributed by atoms with Crippen LogP contribution in [0.1, 0.15) is 44.1 Å². The highest BCUT2D eigenvalue weighted by molar-refractivity contribution is 5.96. The maximum absolute atomic E-state index is 13.1. The summed E-state index contributed by atoms with van der Waals surface area (Å²) in [6, 6.07) is 0.955. The number of primary amides is 1. The number of carbonyl (C=O) groups is 5. The Morgan fingerprint density at radius 1 is 0.805 bits per heavy atom. The van der Waals surface area contributed by atoms with Crippen molar-refractivity contribution in [3.8, 4) is 5.75 Å². The first-order valence-electron chi connectivity index (χ1n) is 13.0. The van der Waals surface area contributed by atoms with Crippen LogP contribution in [0.25, 0.3) is 0 Å². The molecule has 0 aliphatic carbocycles. The SMILES string of the molecule is NCCCCC(NC(=O)C(CC(N)=O)NC(=O)C(N)Cc1ccc(O)cc1)C(=O)NC(CCCN=C(N)N)C(=O)O. The molecule has 228 valence electrons. The van der Waals surface area contributed by atoms with Crippen molar-refractivity contribution in [1.29, 1.82) is 0 Å². The van der Waals surface area contributed by atoms with Crippen LogP contribution in [0.15, 0.2) is 29.3 Å². The third-order valence-corrected chi connectivity index (χ3v) is 5.91. The topological polar surface area (TPSA) is 304 Å². The van der Waals surface area contributed by atoms with E-state index in [9.17, 15) is 34.2 Å². The number of aliphatic imine (C=N–C) groups is 1. The van der Waals surface area contributed by atoms with E-state index in [1.54, 1.807) is 12.1 Å². The second-order valence-electron chi connectivity index (χ2n) is 9.40. The number of benzene rings is 1. The lowest BCUT2D eigenvalue weighted by Gasteiger charge is -2.25. The molecule has 15 N–H and O–H groups in total. The number of nitrogens with two attached hydrogens (primary N) is 5. The Balaban J connectivity index is 2.96. The highest BCUT2D eigenvalue weighted by atomic mass is 16.4. The largest absolute Gasteiger partial charge is 0.508 e. The van der Waals surface area contributed by atoms with E-state index >= 15 is 0 Å². The lowest BCUT2D eigenvalue weighted by Crippen LogP contribution is -2.57. The quantitative estimate of drug-likeness (QED) is 0.0443. The summed E-state index contributed by atoms with van der Waals surface area (Å²) in [5.41, 5.74) is 27.9. The zero-order chi connectivity index (χ0) is 30.9. The van der Waals surface area contributed by atoms with E-state index in [4.69, 9.17) is 28.7 Å². The average molecular weight is 580 g/mol. The molecule has 0 spiro atoms. The van der Waals surface area contributed by atoms with Gasteiger partial charge in [0, 0.05) is 6.54 Å². The highest BCUT2D eigenvalue weighted by Gasteiger charge is 2.31. The van der Waals surface area contributed by atoms with Crippen LogP contribution in [0.5, 0.6) is 5.75 Å². The first kappa shape index (κ1) is 34.6. The van der Waals surface area contributed by atoms with Crippen molar-refractivity contribution in [1.82, 2.24) is 16.0 Å². The molecule has 0 bridgehead atoms. The Labute approximate surface area is 237 Å². The van der Waals surface area contributed by atoms with Gasteiger partial charge in [0.1, 0.15) is 23.9 Å². The van der Waals surface area contributed by atoms with Crippen LogP contribution in [0.3, 0.4) is 0 Å². The summed E-state index contributed by atoms with van der Waals surface area (Å²) in [4.78, 5) is 66.0. The van der Waals surface area contributed by atoms with Gasteiger partial charge in [0.2, 0.25) is 23.6 Å². The van der Waals surface area contributed by atoms with Gasteiger partial charge in [0.15, 0.2) is 5.96 Å². The molecule has 41 heavy (non-hydrogen) atoms. The molecule has 16 heteroatoms. The molecule has 0 aliphatic heterocycles. The van der Waals surface area contributed by atoms with Crippen molar-refractivity contribution in [2.24, 2.45) is 33.7 Å². The molecule has 0 saturated heterocycles. The van der Waals surface area contributed by atoms with Crippen LogP contribution in [0.2, 0.25) is 0 Å². The number of nitrogens with zero attached hydrogens (tertiary/aromatic N) is 1. The maximum atomic E-state index is 13.1. The molecule has 4 amide bonds.